The SMILES string of the molecule is CCOC(=O)[C@@H]1CCCC[C@@H]1N1CCN(C(=O)[C@H]2C[C@@H]2C)CC1. The zero-order chi connectivity index (χ0) is 16.4. The topological polar surface area (TPSA) is 49.9 Å². The molecule has 0 unspecified atom stereocenters. The minimum atomic E-state index is -0.0255. The first-order valence-corrected chi connectivity index (χ1v) is 9.31. The Kier molecular flexibility index (Phi) is 5.24. The minimum absolute atomic E-state index is 0.0226. The van der Waals surface area contributed by atoms with Crippen molar-refractivity contribution in [2.24, 2.45) is 17.8 Å². The maximum atomic E-state index is 12.3. The van der Waals surface area contributed by atoms with Gasteiger partial charge in [0.25, 0.3) is 0 Å². The Bertz CT molecular complexity index is 446. The third-order valence-electron chi connectivity index (χ3n) is 5.84. The molecule has 0 bridgehead atoms. The summed E-state index contributed by atoms with van der Waals surface area (Å²) in [5.41, 5.74) is 0. The third-order valence-corrected chi connectivity index (χ3v) is 5.84. The predicted octanol–water partition coefficient (Wildman–Crippen LogP) is 1.91. The standard InChI is InChI=1S/C18H30N2O3/c1-3-23-18(22)14-6-4-5-7-16(14)19-8-10-20(11-9-19)17(21)15-12-13(15)2/h13-16H,3-12H2,1-2H3/t13-,14+,15-,16-/m0/s1. The molecule has 2 aliphatic carbocycles. The summed E-state index contributed by atoms with van der Waals surface area (Å²) in [5.74, 6) is 1.20. The Labute approximate surface area is 139 Å². The van der Waals surface area contributed by atoms with Crippen molar-refractivity contribution in [3.05, 3.63) is 0 Å². The van der Waals surface area contributed by atoms with Gasteiger partial charge in [-0.1, -0.05) is 19.8 Å². The Morgan fingerprint density at radius 2 is 1.70 bits per heavy atom. The van der Waals surface area contributed by atoms with Crippen molar-refractivity contribution in [1.82, 2.24) is 9.80 Å². The molecule has 1 aliphatic heterocycles. The van der Waals surface area contributed by atoms with Crippen LogP contribution >= 0.6 is 0 Å². The number of carbonyl (C=O) groups excluding carboxylic acids is 2. The van der Waals surface area contributed by atoms with Crippen LogP contribution in [0.5, 0.6) is 0 Å². The average molecular weight is 322 g/mol. The molecule has 3 fully saturated rings. The number of hydrogen-bond acceptors (Lipinski definition) is 4. The fraction of sp³-hybridized carbons (Fsp3) is 0.889. The summed E-state index contributed by atoms with van der Waals surface area (Å²) >= 11 is 0. The lowest BCUT2D eigenvalue weighted by Crippen LogP contribution is -2.55. The maximum Gasteiger partial charge on any atom is 0.310 e. The van der Waals surface area contributed by atoms with Gasteiger partial charge in [-0.25, -0.2) is 0 Å². The molecule has 1 heterocycles. The summed E-state index contributed by atoms with van der Waals surface area (Å²) in [6.45, 7) is 7.91. The second-order valence-corrected chi connectivity index (χ2v) is 7.39. The number of nitrogens with zero attached hydrogens (tertiary/aromatic N) is 2. The second kappa shape index (κ2) is 7.20. The Balaban J connectivity index is 1.55. The number of rotatable bonds is 4. The van der Waals surface area contributed by atoms with Gasteiger partial charge < -0.3 is 9.64 Å². The van der Waals surface area contributed by atoms with Crippen LogP contribution in [-0.4, -0.2) is 60.5 Å². The lowest BCUT2D eigenvalue weighted by molar-refractivity contribution is -0.153. The van der Waals surface area contributed by atoms with Crippen LogP contribution in [0.1, 0.15) is 46.0 Å². The van der Waals surface area contributed by atoms with E-state index in [1.54, 1.807) is 0 Å². The van der Waals surface area contributed by atoms with Crippen LogP contribution in [0.15, 0.2) is 0 Å². The molecular weight excluding hydrogens is 292 g/mol. The average Bonchev–Trinajstić information content (AvgIpc) is 3.31. The largest absolute Gasteiger partial charge is 0.466 e. The fourth-order valence-corrected chi connectivity index (χ4v) is 4.25. The predicted molar refractivity (Wildman–Crippen MR) is 87.8 cm³/mol. The molecule has 4 atom stereocenters. The van der Waals surface area contributed by atoms with Gasteiger partial charge in [-0.2, -0.15) is 0 Å². The van der Waals surface area contributed by atoms with E-state index in [1.165, 1.54) is 6.42 Å². The molecule has 0 aromatic carbocycles. The van der Waals surface area contributed by atoms with Gasteiger partial charge in [-0.15, -0.1) is 0 Å². The smallest absolute Gasteiger partial charge is 0.310 e. The van der Waals surface area contributed by atoms with E-state index >= 15 is 0 Å². The molecule has 0 aromatic heterocycles. The summed E-state index contributed by atoms with van der Waals surface area (Å²) in [4.78, 5) is 29.1. The van der Waals surface area contributed by atoms with Gasteiger partial charge in [0.2, 0.25) is 5.91 Å². The monoisotopic (exact) mass is 322 g/mol. The molecule has 0 spiro atoms. The first-order chi connectivity index (χ1) is 11.1. The van der Waals surface area contributed by atoms with E-state index in [-0.39, 0.29) is 17.8 Å². The van der Waals surface area contributed by atoms with E-state index < -0.39 is 0 Å². The highest BCUT2D eigenvalue weighted by atomic mass is 16.5. The molecule has 3 aliphatic rings. The molecule has 5 nitrogen and oxygen atoms in total. The van der Waals surface area contributed by atoms with Crippen molar-refractivity contribution >= 4 is 11.9 Å². The summed E-state index contributed by atoms with van der Waals surface area (Å²) in [6, 6.07) is 0.305. The van der Waals surface area contributed by atoms with Crippen LogP contribution in [0.3, 0.4) is 0 Å². The van der Waals surface area contributed by atoms with Gasteiger partial charge in [0.15, 0.2) is 0 Å². The maximum absolute atomic E-state index is 12.3. The third kappa shape index (κ3) is 3.70. The summed E-state index contributed by atoms with van der Waals surface area (Å²) in [7, 11) is 0. The van der Waals surface area contributed by atoms with Crippen molar-refractivity contribution in [1.29, 1.82) is 0 Å². The van der Waals surface area contributed by atoms with Crippen LogP contribution in [0.4, 0.5) is 0 Å². The van der Waals surface area contributed by atoms with Gasteiger partial charge in [0, 0.05) is 38.1 Å². The van der Waals surface area contributed by atoms with Crippen molar-refractivity contribution < 1.29 is 14.3 Å². The molecule has 2 saturated carbocycles. The summed E-state index contributed by atoms with van der Waals surface area (Å²) < 4.78 is 5.28. The Morgan fingerprint density at radius 1 is 1.04 bits per heavy atom. The number of piperazine rings is 1. The van der Waals surface area contributed by atoms with Gasteiger partial charge in [-0.05, 0) is 32.1 Å². The summed E-state index contributed by atoms with van der Waals surface area (Å²) in [5, 5.41) is 0. The highest BCUT2D eigenvalue weighted by Gasteiger charge is 2.43. The molecule has 3 rings (SSSR count). The molecule has 5 heteroatoms. The van der Waals surface area contributed by atoms with Crippen LogP contribution in [0.2, 0.25) is 0 Å². The second-order valence-electron chi connectivity index (χ2n) is 7.39. The number of carbonyl (C=O) groups is 2. The number of hydrogen-bond donors (Lipinski definition) is 0. The quantitative estimate of drug-likeness (QED) is 0.742. The van der Waals surface area contributed by atoms with Crippen LogP contribution in [0, 0.1) is 17.8 Å². The van der Waals surface area contributed by atoms with E-state index in [0.717, 1.165) is 51.9 Å². The number of ether oxygens (including phenoxy) is 1. The molecule has 0 aromatic rings. The minimum Gasteiger partial charge on any atom is -0.466 e. The van der Waals surface area contributed by atoms with Crippen molar-refractivity contribution in [2.75, 3.05) is 32.8 Å². The zero-order valence-corrected chi connectivity index (χ0v) is 14.5. The van der Waals surface area contributed by atoms with Gasteiger partial charge in [0.1, 0.15) is 0 Å². The molecule has 0 N–H and O–H groups in total. The van der Waals surface area contributed by atoms with E-state index in [4.69, 9.17) is 4.74 Å². The number of amides is 1. The number of esters is 1. The fourth-order valence-electron chi connectivity index (χ4n) is 4.25. The lowest BCUT2D eigenvalue weighted by Gasteiger charge is -2.43. The van der Waals surface area contributed by atoms with E-state index in [0.29, 0.717) is 24.5 Å². The van der Waals surface area contributed by atoms with E-state index in [1.807, 2.05) is 11.8 Å². The first kappa shape index (κ1) is 16.7. The molecule has 1 amide bonds. The van der Waals surface area contributed by atoms with Crippen LogP contribution < -0.4 is 0 Å². The highest BCUT2D eigenvalue weighted by molar-refractivity contribution is 5.81. The normalized spacial score (nSPS) is 35.0. The summed E-state index contributed by atoms with van der Waals surface area (Å²) in [6.07, 6.45) is 5.41. The van der Waals surface area contributed by atoms with E-state index in [2.05, 4.69) is 11.8 Å². The highest BCUT2D eigenvalue weighted by Crippen LogP contribution is 2.39. The molecule has 130 valence electrons. The van der Waals surface area contributed by atoms with Crippen molar-refractivity contribution in [3.8, 4) is 0 Å². The van der Waals surface area contributed by atoms with Crippen LogP contribution in [0.25, 0.3) is 0 Å². The lowest BCUT2D eigenvalue weighted by atomic mass is 9.83. The van der Waals surface area contributed by atoms with Crippen molar-refractivity contribution in [3.63, 3.8) is 0 Å². The van der Waals surface area contributed by atoms with Gasteiger partial charge in [0.05, 0.1) is 12.5 Å². The molecule has 23 heavy (non-hydrogen) atoms. The molecule has 0 radical (unpaired) electrons. The zero-order valence-electron chi connectivity index (χ0n) is 14.5. The molecular formula is C18H30N2O3. The Morgan fingerprint density at radius 3 is 2.30 bits per heavy atom. The molecule has 1 saturated heterocycles. The van der Waals surface area contributed by atoms with Crippen molar-refractivity contribution in [2.45, 2.75) is 52.0 Å². The Hall–Kier alpha value is -1.10. The van der Waals surface area contributed by atoms with Crippen LogP contribution in [-0.2, 0) is 14.3 Å². The van der Waals surface area contributed by atoms with Gasteiger partial charge >= 0.3 is 5.97 Å². The van der Waals surface area contributed by atoms with Gasteiger partial charge in [-0.3, -0.25) is 14.5 Å². The first-order valence-electron chi connectivity index (χ1n) is 9.31. The van der Waals surface area contributed by atoms with E-state index in [9.17, 15) is 9.59 Å².